The van der Waals surface area contributed by atoms with Crippen LogP contribution in [0.3, 0.4) is 0 Å². The van der Waals surface area contributed by atoms with Crippen LogP contribution in [0.5, 0.6) is 0 Å². The summed E-state index contributed by atoms with van der Waals surface area (Å²) in [7, 11) is 4.28. The summed E-state index contributed by atoms with van der Waals surface area (Å²) in [6.07, 6.45) is 8.71. The van der Waals surface area contributed by atoms with Crippen LogP contribution >= 0.6 is 0 Å². The summed E-state index contributed by atoms with van der Waals surface area (Å²) in [4.78, 5) is 2.25. The molecule has 2 N–H and O–H groups in total. The number of rotatable bonds is 6. The summed E-state index contributed by atoms with van der Waals surface area (Å²) in [5.41, 5.74) is 9.30. The molecule has 3 rings (SSSR count). The molecular weight excluding hydrogens is 270 g/mol. The zero-order valence-corrected chi connectivity index (χ0v) is 14.0. The number of benzene rings is 1. The Morgan fingerprint density at radius 3 is 2.59 bits per heavy atom. The smallest absolute Gasteiger partial charge is 0.0483 e. The van der Waals surface area contributed by atoms with Crippen molar-refractivity contribution in [3.63, 3.8) is 0 Å². The lowest BCUT2D eigenvalue weighted by Crippen LogP contribution is -2.31. The fourth-order valence-electron chi connectivity index (χ4n) is 4.05. The molecule has 1 aliphatic rings. The van der Waals surface area contributed by atoms with Crippen molar-refractivity contribution >= 4 is 10.9 Å². The van der Waals surface area contributed by atoms with E-state index in [9.17, 15) is 0 Å². The van der Waals surface area contributed by atoms with Crippen molar-refractivity contribution in [2.24, 2.45) is 5.73 Å². The van der Waals surface area contributed by atoms with Crippen molar-refractivity contribution < 1.29 is 0 Å². The van der Waals surface area contributed by atoms with Crippen LogP contribution in [0.1, 0.15) is 37.7 Å². The first-order valence-electron chi connectivity index (χ1n) is 8.59. The molecule has 0 bridgehead atoms. The van der Waals surface area contributed by atoms with Crippen LogP contribution in [0.4, 0.5) is 0 Å². The Labute approximate surface area is 134 Å². The van der Waals surface area contributed by atoms with Crippen molar-refractivity contribution in [3.05, 3.63) is 36.0 Å². The summed E-state index contributed by atoms with van der Waals surface area (Å²) in [6, 6.07) is 8.85. The van der Waals surface area contributed by atoms with Gasteiger partial charge in [0.05, 0.1) is 0 Å². The molecule has 1 saturated carbocycles. The Kier molecular flexibility index (Phi) is 4.55. The lowest BCUT2D eigenvalue weighted by Gasteiger charge is -2.27. The molecule has 0 aliphatic heterocycles. The molecule has 0 unspecified atom stereocenters. The third kappa shape index (κ3) is 2.80. The van der Waals surface area contributed by atoms with E-state index in [1.807, 2.05) is 0 Å². The maximum absolute atomic E-state index is 6.23. The number of para-hydroxylation sites is 1. The second-order valence-corrected chi connectivity index (χ2v) is 7.10. The SMILES string of the molecule is CN(C)CCCn1cc(C2(CN)CCCC2)c2ccccc21. The number of fused-ring (bicyclic) bond motifs is 1. The fraction of sp³-hybridized carbons (Fsp3) is 0.579. The van der Waals surface area contributed by atoms with Gasteiger partial charge in [-0.2, -0.15) is 0 Å². The van der Waals surface area contributed by atoms with Gasteiger partial charge in [0.2, 0.25) is 0 Å². The van der Waals surface area contributed by atoms with E-state index < -0.39 is 0 Å². The fourth-order valence-corrected chi connectivity index (χ4v) is 4.05. The topological polar surface area (TPSA) is 34.2 Å². The standard InChI is InChI=1S/C19H29N3/c1-21(2)12-7-13-22-14-17(16-8-3-4-9-18(16)22)19(15-20)10-5-6-11-19/h3-4,8-9,14H,5-7,10-13,15,20H2,1-2H3. The van der Waals surface area contributed by atoms with Gasteiger partial charge in [-0.1, -0.05) is 31.0 Å². The van der Waals surface area contributed by atoms with Gasteiger partial charge in [-0.05, 0) is 51.5 Å². The second kappa shape index (κ2) is 6.43. The largest absolute Gasteiger partial charge is 0.347 e. The molecule has 0 atom stereocenters. The van der Waals surface area contributed by atoms with Crippen LogP contribution in [0.25, 0.3) is 10.9 Å². The van der Waals surface area contributed by atoms with Crippen molar-refractivity contribution in [2.75, 3.05) is 27.2 Å². The molecule has 22 heavy (non-hydrogen) atoms. The van der Waals surface area contributed by atoms with E-state index in [0.717, 1.165) is 19.6 Å². The molecule has 2 aromatic rings. The number of nitrogens with two attached hydrogens (primary N) is 1. The molecule has 0 amide bonds. The number of nitrogens with zero attached hydrogens (tertiary/aromatic N) is 2. The molecule has 1 aliphatic carbocycles. The maximum Gasteiger partial charge on any atom is 0.0483 e. The van der Waals surface area contributed by atoms with Crippen LogP contribution in [-0.4, -0.2) is 36.7 Å². The van der Waals surface area contributed by atoms with Crippen molar-refractivity contribution in [1.82, 2.24) is 9.47 Å². The first kappa shape index (κ1) is 15.6. The lowest BCUT2D eigenvalue weighted by molar-refractivity contribution is 0.387. The third-order valence-corrected chi connectivity index (χ3v) is 5.32. The third-order valence-electron chi connectivity index (χ3n) is 5.32. The zero-order valence-electron chi connectivity index (χ0n) is 14.0. The van der Waals surface area contributed by atoms with E-state index in [1.54, 1.807) is 0 Å². The van der Waals surface area contributed by atoms with Gasteiger partial charge >= 0.3 is 0 Å². The molecule has 3 heteroatoms. The quantitative estimate of drug-likeness (QED) is 0.887. The number of aryl methyl sites for hydroxylation is 1. The highest BCUT2D eigenvalue weighted by Gasteiger charge is 2.36. The van der Waals surface area contributed by atoms with Gasteiger partial charge in [0.15, 0.2) is 0 Å². The molecule has 3 nitrogen and oxygen atoms in total. The van der Waals surface area contributed by atoms with Crippen LogP contribution in [0, 0.1) is 0 Å². The second-order valence-electron chi connectivity index (χ2n) is 7.10. The minimum atomic E-state index is 0.215. The van der Waals surface area contributed by atoms with Crippen molar-refractivity contribution in [2.45, 2.75) is 44.1 Å². The predicted octanol–water partition coefficient (Wildman–Crippen LogP) is 3.36. The van der Waals surface area contributed by atoms with E-state index in [-0.39, 0.29) is 5.41 Å². The first-order valence-corrected chi connectivity index (χ1v) is 8.59. The average molecular weight is 299 g/mol. The Morgan fingerprint density at radius 1 is 1.18 bits per heavy atom. The summed E-state index contributed by atoms with van der Waals surface area (Å²) >= 11 is 0. The van der Waals surface area contributed by atoms with E-state index in [0.29, 0.717) is 0 Å². The van der Waals surface area contributed by atoms with Gasteiger partial charge in [-0.15, -0.1) is 0 Å². The van der Waals surface area contributed by atoms with Gasteiger partial charge in [0.1, 0.15) is 0 Å². The van der Waals surface area contributed by atoms with Crippen LogP contribution in [-0.2, 0) is 12.0 Å². The Bertz CT molecular complexity index is 621. The monoisotopic (exact) mass is 299 g/mol. The average Bonchev–Trinajstić information content (AvgIpc) is 3.13. The molecule has 120 valence electrons. The molecule has 0 radical (unpaired) electrons. The highest BCUT2D eigenvalue weighted by atomic mass is 15.1. The summed E-state index contributed by atoms with van der Waals surface area (Å²) in [6.45, 7) is 2.99. The zero-order chi connectivity index (χ0) is 15.6. The van der Waals surface area contributed by atoms with Gasteiger partial charge < -0.3 is 15.2 Å². The molecule has 0 spiro atoms. The maximum atomic E-state index is 6.23. The van der Waals surface area contributed by atoms with Crippen molar-refractivity contribution in [1.29, 1.82) is 0 Å². The van der Waals surface area contributed by atoms with Crippen LogP contribution in [0.15, 0.2) is 30.5 Å². The van der Waals surface area contributed by atoms with Gasteiger partial charge in [-0.3, -0.25) is 0 Å². The van der Waals surface area contributed by atoms with E-state index in [4.69, 9.17) is 5.73 Å². The van der Waals surface area contributed by atoms with Gasteiger partial charge in [0, 0.05) is 35.6 Å². The molecule has 1 fully saturated rings. The minimum absolute atomic E-state index is 0.215. The van der Waals surface area contributed by atoms with Gasteiger partial charge in [-0.25, -0.2) is 0 Å². The highest BCUT2D eigenvalue weighted by Crippen LogP contribution is 2.43. The lowest BCUT2D eigenvalue weighted by atomic mass is 9.79. The summed E-state index contributed by atoms with van der Waals surface area (Å²) < 4.78 is 2.45. The van der Waals surface area contributed by atoms with Gasteiger partial charge in [0.25, 0.3) is 0 Å². The number of aromatic nitrogens is 1. The predicted molar refractivity (Wildman–Crippen MR) is 94.3 cm³/mol. The minimum Gasteiger partial charge on any atom is -0.347 e. The molecule has 1 heterocycles. The number of hydrogen-bond donors (Lipinski definition) is 1. The highest BCUT2D eigenvalue weighted by molar-refractivity contribution is 5.85. The van der Waals surface area contributed by atoms with E-state index in [2.05, 4.69) is 54.0 Å². The summed E-state index contributed by atoms with van der Waals surface area (Å²) in [5, 5.41) is 1.42. The number of hydrogen-bond acceptors (Lipinski definition) is 2. The molecule has 0 saturated heterocycles. The summed E-state index contributed by atoms with van der Waals surface area (Å²) in [5.74, 6) is 0. The first-order chi connectivity index (χ1) is 10.7. The molecule has 1 aromatic heterocycles. The Morgan fingerprint density at radius 2 is 1.91 bits per heavy atom. The van der Waals surface area contributed by atoms with Crippen LogP contribution in [0.2, 0.25) is 0 Å². The Hall–Kier alpha value is -1.32. The van der Waals surface area contributed by atoms with Crippen molar-refractivity contribution in [3.8, 4) is 0 Å². The van der Waals surface area contributed by atoms with Crippen LogP contribution < -0.4 is 5.73 Å². The molecular formula is C19H29N3. The van der Waals surface area contributed by atoms with E-state index >= 15 is 0 Å². The normalized spacial score (nSPS) is 17.6. The Balaban J connectivity index is 1.97. The van der Waals surface area contributed by atoms with E-state index in [1.165, 1.54) is 48.6 Å². The molecule has 1 aromatic carbocycles.